The minimum atomic E-state index is 0.435. The van der Waals surface area contributed by atoms with Crippen molar-refractivity contribution in [3.8, 4) is 0 Å². The summed E-state index contributed by atoms with van der Waals surface area (Å²) in [6.45, 7) is 0.836. The summed E-state index contributed by atoms with van der Waals surface area (Å²) in [4.78, 5) is 14.2. The van der Waals surface area contributed by atoms with Crippen LogP contribution in [0.4, 0.5) is 5.82 Å². The molecular formula is C12H13ClN4. The third-order valence-electron chi connectivity index (χ3n) is 2.48. The Morgan fingerprint density at radius 1 is 1.12 bits per heavy atom. The van der Waals surface area contributed by atoms with Crippen molar-refractivity contribution in [2.45, 2.75) is 6.42 Å². The maximum absolute atomic E-state index is 5.98. The second-order valence-corrected chi connectivity index (χ2v) is 4.06. The molecule has 5 heteroatoms. The van der Waals surface area contributed by atoms with E-state index in [1.165, 1.54) is 5.56 Å². The highest BCUT2D eigenvalue weighted by Gasteiger charge is 2.07. The Labute approximate surface area is 105 Å². The molecule has 2 rings (SSSR count). The second kappa shape index (κ2) is 5.59. The Morgan fingerprint density at radius 2 is 1.82 bits per heavy atom. The van der Waals surface area contributed by atoms with Crippen LogP contribution in [0, 0.1) is 0 Å². The zero-order chi connectivity index (χ0) is 12.1. The van der Waals surface area contributed by atoms with E-state index in [-0.39, 0.29) is 0 Å². The first-order chi connectivity index (χ1) is 8.27. The van der Waals surface area contributed by atoms with Gasteiger partial charge in [0.15, 0.2) is 11.0 Å². The number of nitrogens with zero attached hydrogens (tertiary/aromatic N) is 4. The highest BCUT2D eigenvalue weighted by molar-refractivity contribution is 6.31. The summed E-state index contributed by atoms with van der Waals surface area (Å²) in [5, 5.41) is 0.435. The topological polar surface area (TPSA) is 41.9 Å². The number of halogens is 1. The molecule has 2 aromatic rings. The van der Waals surface area contributed by atoms with E-state index in [9.17, 15) is 0 Å². The molecule has 0 saturated heterocycles. The molecule has 0 aromatic carbocycles. The Bertz CT molecular complexity index is 475. The molecule has 0 radical (unpaired) electrons. The zero-order valence-electron chi connectivity index (χ0n) is 9.55. The normalized spacial score (nSPS) is 10.2. The molecule has 0 fully saturated rings. The fourth-order valence-electron chi connectivity index (χ4n) is 1.52. The fourth-order valence-corrected chi connectivity index (χ4v) is 1.77. The van der Waals surface area contributed by atoms with E-state index < -0.39 is 0 Å². The molecule has 17 heavy (non-hydrogen) atoms. The van der Waals surface area contributed by atoms with Crippen LogP contribution in [0.25, 0.3) is 0 Å². The van der Waals surface area contributed by atoms with Crippen LogP contribution in [-0.4, -0.2) is 28.5 Å². The number of likely N-dealkylation sites (N-methyl/N-ethyl adjacent to an activating group) is 1. The summed E-state index contributed by atoms with van der Waals surface area (Å²) in [5.41, 5.74) is 1.24. The summed E-state index contributed by atoms with van der Waals surface area (Å²) in [5.74, 6) is 0.711. The van der Waals surface area contributed by atoms with Crippen LogP contribution in [0.2, 0.25) is 5.15 Å². The lowest BCUT2D eigenvalue weighted by molar-refractivity contribution is 0.853. The van der Waals surface area contributed by atoms with Crippen molar-refractivity contribution < 1.29 is 0 Å². The molecule has 88 valence electrons. The molecule has 0 aliphatic rings. The third kappa shape index (κ3) is 3.14. The number of hydrogen-bond donors (Lipinski definition) is 0. The largest absolute Gasteiger partial charge is 0.357 e. The van der Waals surface area contributed by atoms with Gasteiger partial charge in [-0.05, 0) is 24.1 Å². The third-order valence-corrected chi connectivity index (χ3v) is 2.75. The average molecular weight is 249 g/mol. The molecule has 0 spiro atoms. The molecule has 0 saturated carbocycles. The number of anilines is 1. The van der Waals surface area contributed by atoms with Gasteiger partial charge in [0, 0.05) is 38.4 Å². The van der Waals surface area contributed by atoms with E-state index >= 15 is 0 Å². The highest BCUT2D eigenvalue weighted by atomic mass is 35.5. The van der Waals surface area contributed by atoms with E-state index in [1.807, 2.05) is 24.1 Å². The van der Waals surface area contributed by atoms with Crippen molar-refractivity contribution >= 4 is 17.4 Å². The highest BCUT2D eigenvalue weighted by Crippen LogP contribution is 2.18. The predicted molar refractivity (Wildman–Crippen MR) is 68.3 cm³/mol. The summed E-state index contributed by atoms with van der Waals surface area (Å²) in [7, 11) is 1.96. The van der Waals surface area contributed by atoms with E-state index in [1.54, 1.807) is 24.8 Å². The molecular weight excluding hydrogens is 236 g/mol. The minimum absolute atomic E-state index is 0.435. The van der Waals surface area contributed by atoms with Crippen molar-refractivity contribution in [3.63, 3.8) is 0 Å². The second-order valence-electron chi connectivity index (χ2n) is 3.70. The van der Waals surface area contributed by atoms with Crippen molar-refractivity contribution in [3.05, 3.63) is 47.6 Å². The van der Waals surface area contributed by atoms with E-state index in [0.717, 1.165) is 13.0 Å². The lowest BCUT2D eigenvalue weighted by atomic mass is 10.2. The summed E-state index contributed by atoms with van der Waals surface area (Å²) in [6.07, 6.45) is 7.74. The molecule has 0 aliphatic carbocycles. The van der Waals surface area contributed by atoms with Crippen molar-refractivity contribution in [1.29, 1.82) is 0 Å². The van der Waals surface area contributed by atoms with Gasteiger partial charge in [-0.1, -0.05) is 11.6 Å². The number of hydrogen-bond acceptors (Lipinski definition) is 4. The van der Waals surface area contributed by atoms with Gasteiger partial charge in [-0.3, -0.25) is 4.98 Å². The summed E-state index contributed by atoms with van der Waals surface area (Å²) < 4.78 is 0. The Kier molecular flexibility index (Phi) is 3.88. The molecule has 0 atom stereocenters. The van der Waals surface area contributed by atoms with Crippen molar-refractivity contribution in [2.75, 3.05) is 18.5 Å². The molecule has 4 nitrogen and oxygen atoms in total. The van der Waals surface area contributed by atoms with Gasteiger partial charge in [0.2, 0.25) is 0 Å². The number of aromatic nitrogens is 3. The van der Waals surface area contributed by atoms with E-state index in [2.05, 4.69) is 15.0 Å². The molecule has 0 unspecified atom stereocenters. The maximum Gasteiger partial charge on any atom is 0.171 e. The first-order valence-corrected chi connectivity index (χ1v) is 5.71. The molecule has 2 aromatic heterocycles. The standard InChI is InChI=1S/C12H13ClN4/c1-17(12-11(13)15-7-8-16-12)9-4-10-2-5-14-6-3-10/h2-3,5-8H,4,9H2,1H3. The van der Waals surface area contributed by atoms with Gasteiger partial charge in [0.1, 0.15) is 0 Å². The molecule has 2 heterocycles. The average Bonchev–Trinajstić information content (AvgIpc) is 2.38. The van der Waals surface area contributed by atoms with Crippen LogP contribution >= 0.6 is 11.6 Å². The molecule has 0 N–H and O–H groups in total. The zero-order valence-corrected chi connectivity index (χ0v) is 10.3. The fraction of sp³-hybridized carbons (Fsp3) is 0.250. The summed E-state index contributed by atoms with van der Waals surface area (Å²) in [6, 6.07) is 4.01. The Balaban J connectivity index is 1.99. The SMILES string of the molecule is CN(CCc1ccncc1)c1nccnc1Cl. The Hall–Kier alpha value is -1.68. The van der Waals surface area contributed by atoms with Gasteiger partial charge >= 0.3 is 0 Å². The van der Waals surface area contributed by atoms with Crippen LogP contribution in [-0.2, 0) is 6.42 Å². The molecule has 0 bridgehead atoms. The minimum Gasteiger partial charge on any atom is -0.357 e. The van der Waals surface area contributed by atoms with Gasteiger partial charge in [-0.15, -0.1) is 0 Å². The van der Waals surface area contributed by atoms with Gasteiger partial charge < -0.3 is 4.90 Å². The predicted octanol–water partition coefficient (Wildman–Crippen LogP) is 2.20. The number of pyridine rings is 1. The smallest absolute Gasteiger partial charge is 0.171 e. The molecule has 0 amide bonds. The first-order valence-electron chi connectivity index (χ1n) is 5.34. The quantitative estimate of drug-likeness (QED) is 0.832. The first kappa shape index (κ1) is 11.8. The van der Waals surface area contributed by atoms with Gasteiger partial charge in [-0.2, -0.15) is 0 Å². The van der Waals surface area contributed by atoms with Gasteiger partial charge in [0.05, 0.1) is 0 Å². The van der Waals surface area contributed by atoms with Crippen LogP contribution in [0.3, 0.4) is 0 Å². The lowest BCUT2D eigenvalue weighted by Crippen LogP contribution is -2.22. The number of rotatable bonds is 4. The van der Waals surface area contributed by atoms with Crippen molar-refractivity contribution in [1.82, 2.24) is 15.0 Å². The van der Waals surface area contributed by atoms with Gasteiger partial charge in [-0.25, -0.2) is 9.97 Å². The lowest BCUT2D eigenvalue weighted by Gasteiger charge is -2.18. The van der Waals surface area contributed by atoms with Crippen LogP contribution in [0.1, 0.15) is 5.56 Å². The monoisotopic (exact) mass is 248 g/mol. The Morgan fingerprint density at radius 3 is 2.53 bits per heavy atom. The van der Waals surface area contributed by atoms with E-state index in [0.29, 0.717) is 11.0 Å². The molecule has 0 aliphatic heterocycles. The van der Waals surface area contributed by atoms with Crippen LogP contribution in [0.5, 0.6) is 0 Å². The van der Waals surface area contributed by atoms with E-state index in [4.69, 9.17) is 11.6 Å². The van der Waals surface area contributed by atoms with Crippen molar-refractivity contribution in [2.24, 2.45) is 0 Å². The van der Waals surface area contributed by atoms with Crippen LogP contribution in [0.15, 0.2) is 36.9 Å². The maximum atomic E-state index is 5.98. The summed E-state index contributed by atoms with van der Waals surface area (Å²) >= 11 is 5.98. The van der Waals surface area contributed by atoms with Gasteiger partial charge in [0.25, 0.3) is 0 Å². The van der Waals surface area contributed by atoms with Crippen LogP contribution < -0.4 is 4.90 Å².